The number of nitrogens with zero attached hydrogens (tertiary/aromatic N) is 5. The van der Waals surface area contributed by atoms with Crippen LogP contribution in [-0.2, 0) is 29.2 Å². The second-order valence-corrected chi connectivity index (χ2v) is 15.0. The van der Waals surface area contributed by atoms with Crippen molar-refractivity contribution in [3.8, 4) is 0 Å². The van der Waals surface area contributed by atoms with E-state index in [0.29, 0.717) is 18.2 Å². The highest BCUT2D eigenvalue weighted by Gasteiger charge is 2.44. The molecule has 300 valence electrons. The molecule has 0 spiro atoms. The third-order valence-electron chi connectivity index (χ3n) is 9.75. The molecule has 2 fully saturated rings. The number of benzene rings is 3. The number of thioether (sulfide) groups is 1. The molecular formula is C43H47F3N6O4S. The molecule has 2 atom stereocenters. The zero-order chi connectivity index (χ0) is 41.0. The Labute approximate surface area is 334 Å². The Morgan fingerprint density at radius 3 is 1.65 bits per heavy atom. The lowest BCUT2D eigenvalue weighted by atomic mass is 9.74. The largest absolute Gasteiger partial charge is 0.490 e. The third kappa shape index (κ3) is 11.0. The van der Waals surface area contributed by atoms with Crippen molar-refractivity contribution in [3.05, 3.63) is 155 Å². The summed E-state index contributed by atoms with van der Waals surface area (Å²) in [5.74, 6) is -0.957. The summed E-state index contributed by atoms with van der Waals surface area (Å²) in [5.41, 5.74) is 5.42. The molecular weight excluding hydrogens is 754 g/mol. The Morgan fingerprint density at radius 2 is 1.25 bits per heavy atom. The van der Waals surface area contributed by atoms with E-state index < -0.39 is 23.8 Å². The molecule has 0 amide bonds. The first kappa shape index (κ1) is 42.9. The normalized spacial score (nSPS) is 18.9. The molecule has 0 saturated carbocycles. The van der Waals surface area contributed by atoms with Crippen LogP contribution in [-0.4, -0.2) is 89.0 Å². The van der Waals surface area contributed by atoms with Crippen molar-refractivity contribution in [2.45, 2.75) is 42.8 Å². The Balaban J connectivity index is 0.000000215. The van der Waals surface area contributed by atoms with Crippen LogP contribution in [0.25, 0.3) is 12.2 Å². The lowest BCUT2D eigenvalue weighted by molar-refractivity contribution is -0.192. The maximum Gasteiger partial charge on any atom is 0.490 e. The summed E-state index contributed by atoms with van der Waals surface area (Å²) >= 11 is 1.43. The lowest BCUT2D eigenvalue weighted by Gasteiger charge is -2.48. The van der Waals surface area contributed by atoms with Gasteiger partial charge in [0.05, 0.1) is 11.6 Å². The quantitative estimate of drug-likeness (QED) is 0.150. The number of aliphatic hydroxyl groups is 1. The van der Waals surface area contributed by atoms with Gasteiger partial charge in [-0.2, -0.15) is 13.2 Å². The average Bonchev–Trinajstić information content (AvgIpc) is 3.81. The van der Waals surface area contributed by atoms with Crippen molar-refractivity contribution in [1.82, 2.24) is 29.3 Å². The van der Waals surface area contributed by atoms with Crippen molar-refractivity contribution >= 4 is 35.0 Å². The van der Waals surface area contributed by atoms with Crippen molar-refractivity contribution < 1.29 is 33.0 Å². The molecule has 3 aromatic carbocycles. The number of aryl methyl sites for hydroxylation is 2. The number of carboxylic acids is 1. The highest BCUT2D eigenvalue weighted by atomic mass is 32.2. The van der Waals surface area contributed by atoms with E-state index in [-0.39, 0.29) is 5.12 Å². The van der Waals surface area contributed by atoms with Crippen LogP contribution >= 0.6 is 11.8 Å². The number of piperidine rings is 2. The predicted molar refractivity (Wildman–Crippen MR) is 217 cm³/mol. The minimum atomic E-state index is -5.08. The van der Waals surface area contributed by atoms with E-state index >= 15 is 0 Å². The number of nitrogens with one attached hydrogen (secondary N) is 1. The van der Waals surface area contributed by atoms with Gasteiger partial charge in [-0.1, -0.05) is 103 Å². The van der Waals surface area contributed by atoms with Crippen LogP contribution in [0.3, 0.4) is 0 Å². The number of carbonyl (C=O) groups is 2. The van der Waals surface area contributed by atoms with Gasteiger partial charge in [-0.15, -0.1) is 0 Å². The third-order valence-corrected chi connectivity index (χ3v) is 10.9. The Bertz CT molecular complexity index is 2020. The number of alkyl halides is 3. The van der Waals surface area contributed by atoms with Gasteiger partial charge in [0.1, 0.15) is 11.6 Å². The SMILES string of the molecule is CC(=O)SC1CCNC/C1=C\c1nccn1C.Cn1ccnc1/C=C1\CN(C(c2ccccc2)(c2ccccc2)c2ccccc2)CCC1O.O=C(O)C(F)(F)F. The summed E-state index contributed by atoms with van der Waals surface area (Å²) in [6, 6.07) is 32.2. The molecule has 2 saturated heterocycles. The summed E-state index contributed by atoms with van der Waals surface area (Å²) < 4.78 is 35.7. The number of rotatable bonds is 7. The monoisotopic (exact) mass is 800 g/mol. The summed E-state index contributed by atoms with van der Waals surface area (Å²) in [5, 5.41) is 21.9. The number of hydrogen-bond donors (Lipinski definition) is 3. The topological polar surface area (TPSA) is 126 Å². The van der Waals surface area contributed by atoms with Crippen LogP contribution in [0.5, 0.6) is 0 Å². The van der Waals surface area contributed by atoms with E-state index in [1.54, 1.807) is 19.3 Å². The minimum Gasteiger partial charge on any atom is -0.475 e. The molecule has 7 rings (SSSR count). The number of aliphatic carboxylic acids is 1. The molecule has 2 aromatic heterocycles. The van der Waals surface area contributed by atoms with Crippen molar-refractivity contribution in [1.29, 1.82) is 0 Å². The number of likely N-dealkylation sites (tertiary alicyclic amines) is 1. The maximum absolute atomic E-state index is 11.2. The minimum absolute atomic E-state index is 0.183. The smallest absolute Gasteiger partial charge is 0.475 e. The van der Waals surface area contributed by atoms with Gasteiger partial charge in [-0.05, 0) is 59.4 Å². The van der Waals surface area contributed by atoms with E-state index in [4.69, 9.17) is 9.90 Å². The number of carboxylic acid groups (broad SMARTS) is 1. The van der Waals surface area contributed by atoms with Crippen LogP contribution < -0.4 is 5.32 Å². The highest BCUT2D eigenvalue weighted by molar-refractivity contribution is 8.14. The standard InChI is InChI=1S/C29H29N3O.C12H17N3OS.C2HF3O2/c1-31-20-18-30-28(31)21-23-22-32(19-17-27(23)33)29(24-11-5-2-6-12-24,25-13-7-3-8-14-25)26-15-9-4-10-16-26;1-9(16)17-11-3-4-13-8-10(11)7-12-14-5-6-15(12)2;3-2(4,5)1(6)7/h2-16,18,20-21,27,33H,17,19,22H2,1H3;5-7,11,13H,3-4,8H2,1-2H3;(H,6,7)/b23-21+;10-7+;. The fraction of sp³-hybridized carbons (Fsp3) is 0.302. The molecule has 10 nitrogen and oxygen atoms in total. The van der Waals surface area contributed by atoms with Gasteiger partial charge in [-0.3, -0.25) is 9.69 Å². The summed E-state index contributed by atoms with van der Waals surface area (Å²) in [6.07, 6.45) is 7.69. The molecule has 0 aliphatic carbocycles. The van der Waals surface area contributed by atoms with Gasteiger partial charge in [0.25, 0.3) is 0 Å². The molecule has 14 heteroatoms. The van der Waals surface area contributed by atoms with Gasteiger partial charge in [0.2, 0.25) is 0 Å². The van der Waals surface area contributed by atoms with Crippen LogP contribution in [0.4, 0.5) is 13.2 Å². The van der Waals surface area contributed by atoms with Crippen molar-refractivity contribution in [2.24, 2.45) is 14.1 Å². The zero-order valence-electron chi connectivity index (χ0n) is 32.0. The van der Waals surface area contributed by atoms with E-state index in [0.717, 1.165) is 43.3 Å². The summed E-state index contributed by atoms with van der Waals surface area (Å²) in [4.78, 5) is 31.4. The Kier molecular flexibility index (Phi) is 14.8. The number of imidazole rings is 2. The van der Waals surface area contributed by atoms with Gasteiger partial charge < -0.3 is 24.7 Å². The number of aliphatic hydroxyl groups excluding tert-OH is 1. The van der Waals surface area contributed by atoms with Crippen LogP contribution in [0, 0.1) is 0 Å². The number of halogens is 3. The van der Waals surface area contributed by atoms with Gasteiger partial charge >= 0.3 is 12.1 Å². The lowest BCUT2D eigenvalue weighted by Crippen LogP contribution is -2.52. The van der Waals surface area contributed by atoms with E-state index in [9.17, 15) is 23.1 Å². The van der Waals surface area contributed by atoms with Crippen LogP contribution in [0.2, 0.25) is 0 Å². The van der Waals surface area contributed by atoms with Gasteiger partial charge in [0.15, 0.2) is 5.12 Å². The molecule has 2 aliphatic heterocycles. The van der Waals surface area contributed by atoms with Crippen molar-refractivity contribution in [2.75, 3.05) is 26.2 Å². The predicted octanol–water partition coefficient (Wildman–Crippen LogP) is 6.94. The Hall–Kier alpha value is -5.28. The Morgan fingerprint density at radius 1 is 0.789 bits per heavy atom. The molecule has 5 aromatic rings. The fourth-order valence-electron chi connectivity index (χ4n) is 6.99. The van der Waals surface area contributed by atoms with Crippen LogP contribution in [0.15, 0.2) is 127 Å². The van der Waals surface area contributed by atoms with E-state index in [2.05, 4.69) is 117 Å². The fourth-order valence-corrected chi connectivity index (χ4v) is 7.93. The number of aromatic nitrogens is 4. The number of hydrogen-bond acceptors (Lipinski definition) is 8. The summed E-state index contributed by atoms with van der Waals surface area (Å²) in [7, 11) is 3.96. The first-order valence-corrected chi connectivity index (χ1v) is 19.3. The number of carbonyl (C=O) groups excluding carboxylic acids is 1. The average molecular weight is 801 g/mol. The van der Waals surface area contributed by atoms with E-state index in [1.165, 1.54) is 34.0 Å². The first-order valence-electron chi connectivity index (χ1n) is 18.4. The molecule has 57 heavy (non-hydrogen) atoms. The van der Waals surface area contributed by atoms with Gasteiger partial charge in [0, 0.05) is 70.7 Å². The van der Waals surface area contributed by atoms with Crippen molar-refractivity contribution in [3.63, 3.8) is 0 Å². The molecule has 3 N–H and O–H groups in total. The molecule has 2 unspecified atom stereocenters. The van der Waals surface area contributed by atoms with Crippen LogP contribution in [0.1, 0.15) is 48.1 Å². The molecule has 0 bridgehead atoms. The van der Waals surface area contributed by atoms with E-state index in [1.807, 2.05) is 41.7 Å². The molecule has 0 radical (unpaired) electrons. The molecule has 4 heterocycles. The highest BCUT2D eigenvalue weighted by Crippen LogP contribution is 2.44. The second-order valence-electron chi connectivity index (χ2n) is 13.6. The first-order chi connectivity index (χ1) is 27.3. The maximum atomic E-state index is 11.2. The summed E-state index contributed by atoms with van der Waals surface area (Å²) in [6.45, 7) is 4.87. The zero-order valence-corrected chi connectivity index (χ0v) is 32.8. The second kappa shape index (κ2) is 19.7. The molecule has 2 aliphatic rings. The van der Waals surface area contributed by atoms with Gasteiger partial charge in [-0.25, -0.2) is 14.8 Å².